The van der Waals surface area contributed by atoms with Crippen molar-refractivity contribution in [1.29, 1.82) is 0 Å². The summed E-state index contributed by atoms with van der Waals surface area (Å²) in [7, 11) is 0. The molecule has 2 aliphatic carbocycles. The lowest BCUT2D eigenvalue weighted by Crippen LogP contribution is -2.15. The van der Waals surface area contributed by atoms with Crippen molar-refractivity contribution in [2.75, 3.05) is 0 Å². The smallest absolute Gasteiger partial charge is 0.121 e. The van der Waals surface area contributed by atoms with Crippen molar-refractivity contribution < 1.29 is 0 Å². The van der Waals surface area contributed by atoms with Crippen LogP contribution in [0.5, 0.6) is 0 Å². The molecule has 6 aromatic carbocycles. The van der Waals surface area contributed by atoms with E-state index in [2.05, 4.69) is 170 Å². The predicted octanol–water partition coefficient (Wildman–Crippen LogP) is 11.3. The molecule has 0 aliphatic heterocycles. The van der Waals surface area contributed by atoms with Gasteiger partial charge in [0.2, 0.25) is 0 Å². The number of aromatic nitrogens is 4. The van der Waals surface area contributed by atoms with E-state index >= 15 is 0 Å². The maximum atomic E-state index is 5.00. The van der Waals surface area contributed by atoms with Crippen molar-refractivity contribution in [3.8, 4) is 33.6 Å². The third-order valence-corrected chi connectivity index (χ3v) is 11.8. The lowest BCUT2D eigenvalue weighted by atomic mass is 9.82. The quantitative estimate of drug-likeness (QED) is 0.188. The number of hydrogen-bond donors (Lipinski definition) is 0. The molecule has 9 aromatic rings. The van der Waals surface area contributed by atoms with Gasteiger partial charge in [0.1, 0.15) is 22.1 Å². The van der Waals surface area contributed by atoms with Crippen molar-refractivity contribution in [1.82, 2.24) is 19.3 Å². The van der Waals surface area contributed by atoms with Crippen LogP contribution in [0.15, 0.2) is 133 Å². The predicted molar refractivity (Wildman–Crippen MR) is 206 cm³/mol. The highest BCUT2D eigenvalue weighted by Gasteiger charge is 2.37. The van der Waals surface area contributed by atoms with Gasteiger partial charge in [-0.3, -0.25) is 0 Å². The van der Waals surface area contributed by atoms with E-state index < -0.39 is 0 Å². The van der Waals surface area contributed by atoms with Gasteiger partial charge in [0.15, 0.2) is 0 Å². The zero-order chi connectivity index (χ0) is 33.5. The fourth-order valence-corrected chi connectivity index (χ4v) is 9.38. The molecule has 0 amide bonds. The Kier molecular flexibility index (Phi) is 5.23. The van der Waals surface area contributed by atoms with E-state index in [4.69, 9.17) is 10.2 Å². The fourth-order valence-electron chi connectivity index (χ4n) is 9.38. The van der Waals surface area contributed by atoms with E-state index in [-0.39, 0.29) is 10.8 Å². The van der Waals surface area contributed by atoms with Crippen LogP contribution < -0.4 is 0 Å². The molecule has 0 fully saturated rings. The molecule has 0 radical (unpaired) electrons. The fraction of sp³-hybridized carbons (Fsp3) is 0.130. The maximum absolute atomic E-state index is 5.00. The van der Waals surface area contributed by atoms with Gasteiger partial charge in [-0.2, -0.15) is 0 Å². The summed E-state index contributed by atoms with van der Waals surface area (Å²) in [4.78, 5) is 0. The van der Waals surface area contributed by atoms with Gasteiger partial charge >= 0.3 is 0 Å². The Balaban J connectivity index is 1.26. The van der Waals surface area contributed by atoms with Crippen LogP contribution in [0.3, 0.4) is 0 Å². The van der Waals surface area contributed by atoms with E-state index in [9.17, 15) is 0 Å². The summed E-state index contributed by atoms with van der Waals surface area (Å²) in [6, 6.07) is 49.0. The minimum atomic E-state index is -0.112. The second-order valence-electron chi connectivity index (χ2n) is 15.1. The molecule has 50 heavy (non-hydrogen) atoms. The molecule has 4 nitrogen and oxygen atoms in total. The Morgan fingerprint density at radius 1 is 0.400 bits per heavy atom. The molecule has 0 N–H and O–H groups in total. The molecule has 3 aromatic heterocycles. The highest BCUT2D eigenvalue weighted by molar-refractivity contribution is 6.20. The second-order valence-corrected chi connectivity index (χ2v) is 15.1. The molecule has 0 spiro atoms. The summed E-state index contributed by atoms with van der Waals surface area (Å²) in [6.45, 7) is 9.40. The van der Waals surface area contributed by atoms with Crippen LogP contribution in [0.25, 0.3) is 77.5 Å². The van der Waals surface area contributed by atoms with Gasteiger partial charge in [-0.15, -0.1) is 10.2 Å². The highest BCUT2D eigenvalue weighted by atomic mass is 15.2. The third-order valence-electron chi connectivity index (χ3n) is 11.8. The van der Waals surface area contributed by atoms with Crippen LogP contribution in [0.4, 0.5) is 0 Å². The van der Waals surface area contributed by atoms with E-state index in [1.807, 2.05) is 0 Å². The van der Waals surface area contributed by atoms with Gasteiger partial charge in [-0.25, -0.2) is 0 Å². The lowest BCUT2D eigenvalue weighted by molar-refractivity contribution is 0.659. The number of para-hydroxylation sites is 2. The highest BCUT2D eigenvalue weighted by Crippen LogP contribution is 2.51. The number of fused-ring (bicyclic) bond motifs is 13. The minimum absolute atomic E-state index is 0.112. The maximum Gasteiger partial charge on any atom is 0.121 e. The van der Waals surface area contributed by atoms with Crippen molar-refractivity contribution in [2.45, 2.75) is 38.5 Å². The molecule has 0 saturated heterocycles. The summed E-state index contributed by atoms with van der Waals surface area (Å²) in [5.41, 5.74) is 19.0. The Labute approximate surface area is 290 Å². The molecule has 2 aliphatic rings. The standard InChI is InChI=1S/C46H34N4/c1-45(2)35-17-9-5-13-29(35)31-23-21-27(25-37(31)45)49-39-19-11-7-15-33(39)41-43(49)44-42(48-47-41)34-16-8-12-20-40(34)50(44)28-22-24-32-30-14-6-10-18-36(30)46(3,4)38(32)26-28/h5-26H,1-4H3. The monoisotopic (exact) mass is 642 g/mol. The van der Waals surface area contributed by atoms with Crippen LogP contribution >= 0.6 is 0 Å². The number of rotatable bonds is 2. The Bertz CT molecular complexity index is 2730. The van der Waals surface area contributed by atoms with Gasteiger partial charge in [0.05, 0.1) is 11.0 Å². The molecule has 0 unspecified atom stereocenters. The molecule has 0 bridgehead atoms. The number of benzene rings is 6. The summed E-state index contributed by atoms with van der Waals surface area (Å²) >= 11 is 0. The summed E-state index contributed by atoms with van der Waals surface area (Å²) in [5, 5.41) is 12.2. The first-order chi connectivity index (χ1) is 24.3. The van der Waals surface area contributed by atoms with Crippen LogP contribution in [0, 0.1) is 0 Å². The van der Waals surface area contributed by atoms with Crippen molar-refractivity contribution >= 4 is 43.9 Å². The summed E-state index contributed by atoms with van der Waals surface area (Å²) in [5.74, 6) is 0. The Morgan fingerprint density at radius 3 is 1.24 bits per heavy atom. The van der Waals surface area contributed by atoms with Crippen LogP contribution in [0.2, 0.25) is 0 Å². The van der Waals surface area contributed by atoms with Gasteiger partial charge in [-0.1, -0.05) is 125 Å². The van der Waals surface area contributed by atoms with E-state index in [0.29, 0.717) is 0 Å². The summed E-state index contributed by atoms with van der Waals surface area (Å²) in [6.07, 6.45) is 0. The number of nitrogens with zero attached hydrogens (tertiary/aromatic N) is 4. The molecule has 0 atom stereocenters. The first-order valence-corrected chi connectivity index (χ1v) is 17.5. The first kappa shape index (κ1) is 27.9. The molecule has 3 heterocycles. The van der Waals surface area contributed by atoms with Gasteiger partial charge in [0.25, 0.3) is 0 Å². The Hall–Kier alpha value is -6.00. The topological polar surface area (TPSA) is 35.6 Å². The lowest BCUT2D eigenvalue weighted by Gasteiger charge is -2.22. The average molecular weight is 643 g/mol. The van der Waals surface area contributed by atoms with Crippen LogP contribution in [-0.4, -0.2) is 19.3 Å². The van der Waals surface area contributed by atoms with Gasteiger partial charge in [0, 0.05) is 33.0 Å². The normalized spacial score (nSPS) is 15.1. The van der Waals surface area contributed by atoms with E-state index in [1.54, 1.807) is 0 Å². The molecular weight excluding hydrogens is 609 g/mol. The minimum Gasteiger partial charge on any atom is -0.306 e. The average Bonchev–Trinajstić information content (AvgIpc) is 3.81. The van der Waals surface area contributed by atoms with Crippen molar-refractivity contribution in [3.63, 3.8) is 0 Å². The van der Waals surface area contributed by atoms with E-state index in [0.717, 1.165) is 55.2 Å². The van der Waals surface area contributed by atoms with E-state index in [1.165, 1.54) is 44.5 Å². The second kappa shape index (κ2) is 9.36. The van der Waals surface area contributed by atoms with Crippen molar-refractivity contribution in [2.24, 2.45) is 0 Å². The SMILES string of the molecule is CC1(C)c2ccccc2-c2ccc(-n3c4ccccc4c4nnc5c6ccccc6n(-c6ccc7c(c6)C(C)(C)c6ccccc6-7)c5c43)cc21. The molecule has 238 valence electrons. The van der Waals surface area contributed by atoms with Gasteiger partial charge < -0.3 is 9.13 Å². The molecule has 0 saturated carbocycles. The number of hydrogen-bond acceptors (Lipinski definition) is 2. The van der Waals surface area contributed by atoms with Crippen molar-refractivity contribution in [3.05, 3.63) is 156 Å². The summed E-state index contributed by atoms with van der Waals surface area (Å²) < 4.78 is 4.87. The zero-order valence-corrected chi connectivity index (χ0v) is 28.5. The Morgan fingerprint density at radius 2 is 0.780 bits per heavy atom. The first-order valence-electron chi connectivity index (χ1n) is 17.5. The zero-order valence-electron chi connectivity index (χ0n) is 28.5. The molecule has 4 heteroatoms. The largest absolute Gasteiger partial charge is 0.306 e. The molecular formula is C46H34N4. The van der Waals surface area contributed by atoms with Crippen LogP contribution in [0.1, 0.15) is 49.9 Å². The molecule has 11 rings (SSSR count). The third kappa shape index (κ3) is 3.36. The van der Waals surface area contributed by atoms with Gasteiger partial charge in [-0.05, 0) is 80.9 Å². The van der Waals surface area contributed by atoms with Crippen LogP contribution in [-0.2, 0) is 10.8 Å².